The second kappa shape index (κ2) is 9.09. The molecule has 0 spiro atoms. The predicted octanol–water partition coefficient (Wildman–Crippen LogP) is 5.53. The highest BCUT2D eigenvalue weighted by Gasteiger charge is 2.26. The van der Waals surface area contributed by atoms with Gasteiger partial charge in [0.1, 0.15) is 27.5 Å². The number of aryl methyl sites for hydroxylation is 1. The lowest BCUT2D eigenvalue weighted by Gasteiger charge is -2.09. The smallest absolute Gasteiger partial charge is 0.349 e. The minimum atomic E-state index is -0.798. The summed E-state index contributed by atoms with van der Waals surface area (Å²) in [6.07, 6.45) is 0. The maximum absolute atomic E-state index is 13.0. The molecule has 0 saturated carbocycles. The van der Waals surface area contributed by atoms with Crippen molar-refractivity contribution in [3.05, 3.63) is 80.0 Å². The van der Waals surface area contributed by atoms with Gasteiger partial charge in [-0.25, -0.2) is 9.59 Å². The Hall–Kier alpha value is -3.62. The van der Waals surface area contributed by atoms with Gasteiger partial charge in [-0.05, 0) is 48.9 Å². The molecule has 9 heteroatoms. The van der Waals surface area contributed by atoms with Gasteiger partial charge in [0, 0.05) is 20.8 Å². The van der Waals surface area contributed by atoms with Gasteiger partial charge in [-0.1, -0.05) is 23.7 Å². The number of rotatable bonds is 5. The molecular weight excluding hydrogens is 466 g/mol. The van der Waals surface area contributed by atoms with Gasteiger partial charge >= 0.3 is 11.6 Å². The number of fused-ring (bicyclic) bond motifs is 1. The molecule has 168 valence electrons. The number of methoxy groups -OCH3 is 2. The molecule has 1 amide bonds. The topological polar surface area (TPSA) is 94.8 Å². The van der Waals surface area contributed by atoms with E-state index in [0.29, 0.717) is 32.9 Å². The minimum absolute atomic E-state index is 0.183. The van der Waals surface area contributed by atoms with Crippen LogP contribution in [0.2, 0.25) is 5.02 Å². The van der Waals surface area contributed by atoms with Crippen LogP contribution in [0.15, 0.2) is 57.7 Å². The van der Waals surface area contributed by atoms with Gasteiger partial charge in [-0.2, -0.15) is 0 Å². The molecule has 2 aromatic heterocycles. The van der Waals surface area contributed by atoms with Crippen LogP contribution in [0.3, 0.4) is 0 Å². The number of carbonyl (C=O) groups excluding carboxylic acids is 2. The van der Waals surface area contributed by atoms with Crippen LogP contribution in [0.1, 0.15) is 25.6 Å². The number of benzene rings is 2. The zero-order chi connectivity index (χ0) is 23.7. The van der Waals surface area contributed by atoms with Crippen molar-refractivity contribution < 1.29 is 23.5 Å². The molecule has 2 aromatic carbocycles. The molecular formula is C24H18ClNO6S. The van der Waals surface area contributed by atoms with Crippen LogP contribution in [-0.4, -0.2) is 26.1 Å². The van der Waals surface area contributed by atoms with Crippen molar-refractivity contribution in [3.8, 4) is 16.9 Å². The van der Waals surface area contributed by atoms with E-state index in [1.54, 1.807) is 36.4 Å². The normalized spacial score (nSPS) is 10.8. The number of thiophene rings is 1. The molecule has 7 nitrogen and oxygen atoms in total. The number of hydrogen-bond acceptors (Lipinski definition) is 7. The summed E-state index contributed by atoms with van der Waals surface area (Å²) in [6.45, 7) is 1.82. The van der Waals surface area contributed by atoms with E-state index in [-0.39, 0.29) is 16.1 Å². The molecule has 0 radical (unpaired) electrons. The monoisotopic (exact) mass is 483 g/mol. The number of hydrogen-bond donors (Lipinski definition) is 1. The molecule has 0 bridgehead atoms. The van der Waals surface area contributed by atoms with Crippen molar-refractivity contribution in [1.29, 1.82) is 0 Å². The second-order valence-electron chi connectivity index (χ2n) is 7.04. The number of anilines is 1. The molecule has 0 aliphatic rings. The SMILES string of the molecule is COC(=O)c1c(NC(=O)c2cc3cc(OC)ccc3oc2=O)sc(C)c1-c1cccc(Cl)c1. The largest absolute Gasteiger partial charge is 0.497 e. The van der Waals surface area contributed by atoms with Gasteiger partial charge in [-0.15, -0.1) is 11.3 Å². The molecule has 0 aliphatic heterocycles. The van der Waals surface area contributed by atoms with Crippen LogP contribution in [0, 0.1) is 6.92 Å². The summed E-state index contributed by atoms with van der Waals surface area (Å²) in [5.74, 6) is -0.784. The van der Waals surface area contributed by atoms with E-state index in [2.05, 4.69) is 5.32 Å². The maximum atomic E-state index is 13.0. The summed E-state index contributed by atoms with van der Waals surface area (Å²) in [5, 5.41) is 3.96. The van der Waals surface area contributed by atoms with E-state index in [1.807, 2.05) is 13.0 Å². The third-order valence-electron chi connectivity index (χ3n) is 5.00. The Bertz CT molecular complexity index is 1460. The first-order valence-corrected chi connectivity index (χ1v) is 10.9. The number of carbonyl (C=O) groups is 2. The number of halogens is 1. The first kappa shape index (κ1) is 22.6. The molecule has 1 N–H and O–H groups in total. The molecule has 0 saturated heterocycles. The van der Waals surface area contributed by atoms with Crippen LogP contribution in [0.4, 0.5) is 5.00 Å². The standard InChI is InChI=1S/C24H18ClNO6S/c1-12-19(13-5-4-6-15(25)9-13)20(24(29)31-3)22(33-12)26-21(27)17-11-14-10-16(30-2)7-8-18(14)32-23(17)28/h4-11H,1-3H3,(H,26,27). The summed E-state index contributed by atoms with van der Waals surface area (Å²) >= 11 is 7.33. The van der Waals surface area contributed by atoms with Gasteiger partial charge in [0.05, 0.1) is 14.2 Å². The van der Waals surface area contributed by atoms with Crippen LogP contribution >= 0.6 is 22.9 Å². The lowest BCUT2D eigenvalue weighted by Crippen LogP contribution is -2.21. The molecule has 0 fully saturated rings. The fourth-order valence-electron chi connectivity index (χ4n) is 3.48. The van der Waals surface area contributed by atoms with Crippen molar-refractivity contribution in [2.75, 3.05) is 19.5 Å². The Balaban J connectivity index is 1.78. The van der Waals surface area contributed by atoms with E-state index in [1.165, 1.54) is 31.6 Å². The Kier molecular flexibility index (Phi) is 6.22. The highest BCUT2D eigenvalue weighted by atomic mass is 35.5. The fraction of sp³-hybridized carbons (Fsp3) is 0.125. The predicted molar refractivity (Wildman–Crippen MR) is 128 cm³/mol. The Morgan fingerprint density at radius 3 is 2.58 bits per heavy atom. The lowest BCUT2D eigenvalue weighted by atomic mass is 10.0. The van der Waals surface area contributed by atoms with Gasteiger partial charge < -0.3 is 19.2 Å². The fourth-order valence-corrected chi connectivity index (χ4v) is 4.73. The zero-order valence-electron chi connectivity index (χ0n) is 17.9. The van der Waals surface area contributed by atoms with E-state index in [4.69, 9.17) is 25.5 Å². The summed E-state index contributed by atoms with van der Waals surface area (Å²) in [7, 11) is 2.77. The van der Waals surface area contributed by atoms with Crippen LogP contribution in [0.25, 0.3) is 22.1 Å². The van der Waals surface area contributed by atoms with Gasteiger partial charge in [0.2, 0.25) is 0 Å². The Morgan fingerprint density at radius 2 is 1.88 bits per heavy atom. The summed E-state index contributed by atoms with van der Waals surface area (Å²) < 4.78 is 15.4. The molecule has 4 rings (SSSR count). The van der Waals surface area contributed by atoms with E-state index >= 15 is 0 Å². The van der Waals surface area contributed by atoms with Crippen molar-refractivity contribution in [3.63, 3.8) is 0 Å². The molecule has 0 unspecified atom stereocenters. The number of amides is 1. The van der Waals surface area contributed by atoms with Crippen molar-refractivity contribution in [2.45, 2.75) is 6.92 Å². The lowest BCUT2D eigenvalue weighted by molar-refractivity contribution is 0.0603. The minimum Gasteiger partial charge on any atom is -0.497 e. The highest BCUT2D eigenvalue weighted by Crippen LogP contribution is 2.41. The number of ether oxygens (including phenoxy) is 2. The van der Waals surface area contributed by atoms with Crippen LogP contribution < -0.4 is 15.7 Å². The third kappa shape index (κ3) is 4.35. The molecule has 33 heavy (non-hydrogen) atoms. The van der Waals surface area contributed by atoms with E-state index in [9.17, 15) is 14.4 Å². The summed E-state index contributed by atoms with van der Waals surface area (Å²) in [5.41, 5.74) is 0.801. The van der Waals surface area contributed by atoms with Crippen molar-refractivity contribution in [1.82, 2.24) is 0 Å². The first-order valence-electron chi connectivity index (χ1n) is 9.73. The average Bonchev–Trinajstić information content (AvgIpc) is 3.13. The number of esters is 1. The zero-order valence-corrected chi connectivity index (χ0v) is 19.4. The summed E-state index contributed by atoms with van der Waals surface area (Å²) in [6, 6.07) is 13.3. The van der Waals surface area contributed by atoms with E-state index < -0.39 is 17.5 Å². The van der Waals surface area contributed by atoms with Gasteiger partial charge in [0.25, 0.3) is 5.91 Å². The first-order chi connectivity index (χ1) is 15.8. The molecule has 0 aliphatic carbocycles. The molecule has 2 heterocycles. The van der Waals surface area contributed by atoms with Gasteiger partial charge in [0.15, 0.2) is 0 Å². The molecule has 0 atom stereocenters. The second-order valence-corrected chi connectivity index (χ2v) is 8.71. The van der Waals surface area contributed by atoms with Crippen molar-refractivity contribution in [2.24, 2.45) is 0 Å². The van der Waals surface area contributed by atoms with Crippen LogP contribution in [-0.2, 0) is 4.74 Å². The Morgan fingerprint density at radius 1 is 1.09 bits per heavy atom. The number of nitrogens with one attached hydrogen (secondary N) is 1. The molecule has 4 aromatic rings. The summed E-state index contributed by atoms with van der Waals surface area (Å²) in [4.78, 5) is 38.9. The maximum Gasteiger partial charge on any atom is 0.349 e. The van der Waals surface area contributed by atoms with Gasteiger partial charge in [-0.3, -0.25) is 4.79 Å². The highest BCUT2D eigenvalue weighted by molar-refractivity contribution is 7.17. The Labute approximate surface area is 197 Å². The third-order valence-corrected chi connectivity index (χ3v) is 6.25. The quantitative estimate of drug-likeness (QED) is 0.296. The van der Waals surface area contributed by atoms with Crippen molar-refractivity contribution >= 4 is 50.8 Å². The van der Waals surface area contributed by atoms with Crippen LogP contribution in [0.5, 0.6) is 5.75 Å². The van der Waals surface area contributed by atoms with E-state index in [0.717, 1.165) is 4.88 Å². The average molecular weight is 484 g/mol.